The Hall–Kier alpha value is -2.81. The van der Waals surface area contributed by atoms with Crippen LogP contribution in [0.25, 0.3) is 33.1 Å². The van der Waals surface area contributed by atoms with Gasteiger partial charge in [0, 0.05) is 33.2 Å². The van der Waals surface area contributed by atoms with Gasteiger partial charge in [-0.25, -0.2) is 4.98 Å². The van der Waals surface area contributed by atoms with Crippen molar-refractivity contribution in [3.8, 4) is 11.3 Å². The molecule has 0 saturated carbocycles. The summed E-state index contributed by atoms with van der Waals surface area (Å²) in [6, 6.07) is 14.7. The molecular formula is C22H21N3. The number of rotatable bonds is 1. The summed E-state index contributed by atoms with van der Waals surface area (Å²) >= 11 is 0. The van der Waals surface area contributed by atoms with Crippen LogP contribution in [0.15, 0.2) is 42.5 Å². The largest absolute Gasteiger partial charge is 0.399 e. The molecule has 2 aromatic heterocycles. The smallest absolute Gasteiger partial charge is 0.0744 e. The summed E-state index contributed by atoms with van der Waals surface area (Å²) in [7, 11) is 0. The molecule has 0 saturated heterocycles. The Morgan fingerprint density at radius 3 is 2.52 bits per heavy atom. The Kier molecular flexibility index (Phi) is 3.11. The molecule has 2 aromatic carbocycles. The second-order valence-corrected chi connectivity index (χ2v) is 7.12. The minimum Gasteiger partial charge on any atom is -0.399 e. The summed E-state index contributed by atoms with van der Waals surface area (Å²) in [5, 5.41) is 2.65. The third-order valence-corrected chi connectivity index (χ3v) is 5.39. The number of aryl methyl sites for hydroxylation is 2. The van der Waals surface area contributed by atoms with Gasteiger partial charge in [0.1, 0.15) is 0 Å². The molecule has 4 aromatic rings. The molecule has 3 N–H and O–H groups in total. The van der Waals surface area contributed by atoms with Gasteiger partial charge in [-0.3, -0.25) is 0 Å². The number of fused-ring (bicyclic) bond motifs is 5. The lowest BCUT2D eigenvalue weighted by Gasteiger charge is -2.22. The van der Waals surface area contributed by atoms with Crippen molar-refractivity contribution in [3.63, 3.8) is 0 Å². The van der Waals surface area contributed by atoms with E-state index in [9.17, 15) is 0 Å². The van der Waals surface area contributed by atoms with E-state index in [2.05, 4.69) is 42.2 Å². The molecule has 3 heteroatoms. The zero-order chi connectivity index (χ0) is 17.0. The average molecular weight is 327 g/mol. The van der Waals surface area contributed by atoms with E-state index in [0.717, 1.165) is 29.7 Å². The van der Waals surface area contributed by atoms with Gasteiger partial charge in [0.2, 0.25) is 0 Å². The van der Waals surface area contributed by atoms with E-state index in [1.807, 2.05) is 12.1 Å². The molecule has 2 heterocycles. The molecule has 1 aliphatic rings. The van der Waals surface area contributed by atoms with Crippen molar-refractivity contribution < 1.29 is 0 Å². The Labute approximate surface area is 146 Å². The predicted molar refractivity (Wildman–Crippen MR) is 105 cm³/mol. The highest BCUT2D eigenvalue weighted by molar-refractivity contribution is 6.08. The topological polar surface area (TPSA) is 54.7 Å². The quantitative estimate of drug-likeness (QED) is 0.475. The van der Waals surface area contributed by atoms with E-state index in [1.165, 1.54) is 51.5 Å². The fourth-order valence-corrected chi connectivity index (χ4v) is 4.25. The van der Waals surface area contributed by atoms with Crippen LogP contribution >= 0.6 is 0 Å². The number of H-pyrrole nitrogens is 1. The number of benzene rings is 2. The van der Waals surface area contributed by atoms with Crippen LogP contribution in [0.2, 0.25) is 0 Å². The summed E-state index contributed by atoms with van der Waals surface area (Å²) in [6.07, 6.45) is 4.74. The molecule has 124 valence electrons. The molecule has 3 nitrogen and oxygen atoms in total. The first-order chi connectivity index (χ1) is 12.2. The number of aromatic amines is 1. The van der Waals surface area contributed by atoms with Crippen molar-refractivity contribution >= 4 is 27.5 Å². The van der Waals surface area contributed by atoms with Gasteiger partial charge in [0.15, 0.2) is 0 Å². The van der Waals surface area contributed by atoms with Gasteiger partial charge in [-0.15, -0.1) is 0 Å². The van der Waals surface area contributed by atoms with E-state index in [4.69, 9.17) is 10.7 Å². The number of hydrogen-bond donors (Lipinski definition) is 2. The van der Waals surface area contributed by atoms with E-state index in [-0.39, 0.29) is 0 Å². The van der Waals surface area contributed by atoms with Crippen molar-refractivity contribution in [2.75, 3.05) is 5.73 Å². The van der Waals surface area contributed by atoms with Gasteiger partial charge < -0.3 is 10.7 Å². The standard InChI is InChI=1S/C22H21N3/c1-13-12-18-19(24-13)10-11-20-21(18)16-4-2-3-5-17(16)22(25-20)14-6-8-15(23)9-7-14/h6-12,24H,2-5,23H2,1H3. The number of nitrogens with two attached hydrogens (primary N) is 1. The van der Waals surface area contributed by atoms with Gasteiger partial charge in [-0.2, -0.15) is 0 Å². The third kappa shape index (κ3) is 2.23. The van der Waals surface area contributed by atoms with Crippen molar-refractivity contribution in [1.82, 2.24) is 9.97 Å². The molecule has 0 unspecified atom stereocenters. The summed E-state index contributed by atoms with van der Waals surface area (Å²) in [5.41, 5.74) is 15.4. The van der Waals surface area contributed by atoms with Crippen LogP contribution in [0.5, 0.6) is 0 Å². The Bertz CT molecular complexity index is 1100. The maximum Gasteiger partial charge on any atom is 0.0744 e. The number of nitrogens with one attached hydrogen (secondary N) is 1. The Morgan fingerprint density at radius 1 is 0.960 bits per heavy atom. The lowest BCUT2D eigenvalue weighted by atomic mass is 9.85. The lowest BCUT2D eigenvalue weighted by molar-refractivity contribution is 0.689. The van der Waals surface area contributed by atoms with Crippen LogP contribution in [0.1, 0.15) is 29.7 Å². The summed E-state index contributed by atoms with van der Waals surface area (Å²) < 4.78 is 0. The van der Waals surface area contributed by atoms with Gasteiger partial charge in [0.05, 0.1) is 11.2 Å². The van der Waals surface area contributed by atoms with Gasteiger partial charge in [-0.1, -0.05) is 12.1 Å². The van der Waals surface area contributed by atoms with Gasteiger partial charge in [0.25, 0.3) is 0 Å². The van der Waals surface area contributed by atoms with Crippen LogP contribution in [0.4, 0.5) is 5.69 Å². The molecule has 1 aliphatic carbocycles. The Morgan fingerprint density at radius 2 is 1.72 bits per heavy atom. The number of aromatic nitrogens is 2. The Balaban J connectivity index is 1.88. The first-order valence-corrected chi connectivity index (χ1v) is 9.00. The average Bonchev–Trinajstić information content (AvgIpc) is 3.02. The molecule has 0 bridgehead atoms. The maximum absolute atomic E-state index is 5.87. The number of anilines is 1. The van der Waals surface area contributed by atoms with Gasteiger partial charge >= 0.3 is 0 Å². The fraction of sp³-hybridized carbons (Fsp3) is 0.227. The number of nitrogens with zero attached hydrogens (tertiary/aromatic N) is 1. The number of nitrogen functional groups attached to an aromatic ring is 1. The van der Waals surface area contributed by atoms with E-state index in [1.54, 1.807) is 0 Å². The normalized spacial score (nSPS) is 14.1. The third-order valence-electron chi connectivity index (χ3n) is 5.39. The number of hydrogen-bond acceptors (Lipinski definition) is 2. The second-order valence-electron chi connectivity index (χ2n) is 7.12. The molecule has 5 rings (SSSR count). The highest BCUT2D eigenvalue weighted by atomic mass is 14.7. The van der Waals surface area contributed by atoms with E-state index >= 15 is 0 Å². The maximum atomic E-state index is 5.87. The van der Waals surface area contributed by atoms with Crippen LogP contribution < -0.4 is 5.73 Å². The predicted octanol–water partition coefficient (Wildman–Crippen LogP) is 5.15. The molecule has 0 atom stereocenters. The van der Waals surface area contributed by atoms with Crippen molar-refractivity contribution in [2.24, 2.45) is 0 Å². The zero-order valence-corrected chi connectivity index (χ0v) is 14.4. The lowest BCUT2D eigenvalue weighted by Crippen LogP contribution is -2.07. The van der Waals surface area contributed by atoms with E-state index < -0.39 is 0 Å². The molecule has 25 heavy (non-hydrogen) atoms. The minimum absolute atomic E-state index is 0.794. The summed E-state index contributed by atoms with van der Waals surface area (Å²) in [5.74, 6) is 0. The van der Waals surface area contributed by atoms with Crippen LogP contribution in [-0.2, 0) is 12.8 Å². The van der Waals surface area contributed by atoms with Crippen LogP contribution in [-0.4, -0.2) is 9.97 Å². The van der Waals surface area contributed by atoms with E-state index in [0.29, 0.717) is 0 Å². The highest BCUT2D eigenvalue weighted by Crippen LogP contribution is 2.38. The van der Waals surface area contributed by atoms with Crippen LogP contribution in [0, 0.1) is 6.92 Å². The van der Waals surface area contributed by atoms with Crippen molar-refractivity contribution in [2.45, 2.75) is 32.6 Å². The SMILES string of the molecule is Cc1cc2c(ccc3nc(-c4ccc(N)cc4)c4c(c32)CCCC4)[nH]1. The molecule has 0 spiro atoms. The molecule has 0 aliphatic heterocycles. The first kappa shape index (κ1) is 14.5. The monoisotopic (exact) mass is 327 g/mol. The highest BCUT2D eigenvalue weighted by Gasteiger charge is 2.21. The minimum atomic E-state index is 0.794. The van der Waals surface area contributed by atoms with Crippen LogP contribution in [0.3, 0.4) is 0 Å². The molecule has 0 fully saturated rings. The summed E-state index contributed by atoms with van der Waals surface area (Å²) in [6.45, 7) is 2.12. The van der Waals surface area contributed by atoms with Crippen molar-refractivity contribution in [1.29, 1.82) is 0 Å². The molecular weight excluding hydrogens is 306 g/mol. The zero-order valence-electron chi connectivity index (χ0n) is 14.4. The van der Waals surface area contributed by atoms with Gasteiger partial charge in [-0.05, 0) is 74.1 Å². The molecule has 0 radical (unpaired) electrons. The fourth-order valence-electron chi connectivity index (χ4n) is 4.25. The number of pyridine rings is 1. The first-order valence-electron chi connectivity index (χ1n) is 9.00. The summed E-state index contributed by atoms with van der Waals surface area (Å²) in [4.78, 5) is 8.56. The molecule has 0 amide bonds. The van der Waals surface area contributed by atoms with Crippen molar-refractivity contribution in [3.05, 3.63) is 59.3 Å². The second kappa shape index (κ2) is 5.35.